The van der Waals surface area contributed by atoms with Crippen molar-refractivity contribution in [2.75, 3.05) is 19.0 Å². The van der Waals surface area contributed by atoms with Crippen molar-refractivity contribution in [2.24, 2.45) is 0 Å². The summed E-state index contributed by atoms with van der Waals surface area (Å²) in [6.07, 6.45) is 0. The Balaban J connectivity index is 1.94. The lowest BCUT2D eigenvalue weighted by Gasteiger charge is -2.22. The van der Waals surface area contributed by atoms with Crippen LogP contribution < -0.4 is 10.6 Å². The van der Waals surface area contributed by atoms with Crippen molar-refractivity contribution in [1.29, 1.82) is 0 Å². The van der Waals surface area contributed by atoms with Crippen molar-refractivity contribution in [2.45, 2.75) is 13.0 Å². The lowest BCUT2D eigenvalue weighted by molar-refractivity contribution is -0.139. The molecule has 3 aromatic carbocycles. The summed E-state index contributed by atoms with van der Waals surface area (Å²) in [4.78, 5) is 24.5. The van der Waals surface area contributed by atoms with Crippen LogP contribution in [-0.4, -0.2) is 25.5 Å². The van der Waals surface area contributed by atoms with Crippen molar-refractivity contribution in [3.63, 3.8) is 0 Å². The van der Waals surface area contributed by atoms with Gasteiger partial charge in [0.25, 0.3) is 5.91 Å². The Morgan fingerprint density at radius 1 is 1.00 bits per heavy atom. The minimum absolute atomic E-state index is 0.0334. The molecule has 0 aromatic heterocycles. The molecule has 0 aliphatic rings. The van der Waals surface area contributed by atoms with Gasteiger partial charge in [-0.25, -0.2) is 0 Å². The number of aryl methyl sites for hydroxylation is 1. The van der Waals surface area contributed by atoms with Crippen LogP contribution in [-0.2, 0) is 9.53 Å². The van der Waals surface area contributed by atoms with E-state index < -0.39 is 0 Å². The summed E-state index contributed by atoms with van der Waals surface area (Å²) in [5.74, 6) is -0.631. The lowest BCUT2D eigenvalue weighted by atomic mass is 9.96. The second-order valence-electron chi connectivity index (χ2n) is 6.85. The van der Waals surface area contributed by atoms with Gasteiger partial charge in [-0.05, 0) is 42.3 Å². The molecule has 0 heterocycles. The average Bonchev–Trinajstić information content (AvgIpc) is 2.75. The number of anilines is 1. The fourth-order valence-corrected chi connectivity index (χ4v) is 3.30. The first-order valence-electron chi connectivity index (χ1n) is 9.50. The second-order valence-corrected chi connectivity index (χ2v) is 7.29. The molecule has 0 aliphatic heterocycles. The molecular weight excluding hydrogens is 400 g/mol. The van der Waals surface area contributed by atoms with E-state index in [1.165, 1.54) is 7.11 Å². The van der Waals surface area contributed by atoms with Gasteiger partial charge in [-0.15, -0.1) is 0 Å². The maximum atomic E-state index is 12.8. The molecule has 0 bridgehead atoms. The number of hydrogen-bond donors (Lipinski definition) is 2. The fourth-order valence-electron chi connectivity index (χ4n) is 3.11. The number of para-hydroxylation sites is 1. The highest BCUT2D eigenvalue weighted by Crippen LogP contribution is 2.29. The summed E-state index contributed by atoms with van der Waals surface area (Å²) < 4.78 is 4.77. The largest absolute Gasteiger partial charge is 0.468 e. The van der Waals surface area contributed by atoms with Gasteiger partial charge in [0, 0.05) is 16.3 Å². The molecule has 3 aromatic rings. The van der Waals surface area contributed by atoms with Gasteiger partial charge in [0.15, 0.2) is 0 Å². The predicted octanol–water partition coefficient (Wildman–Crippen LogP) is 4.75. The maximum Gasteiger partial charge on any atom is 0.319 e. The van der Waals surface area contributed by atoms with E-state index in [2.05, 4.69) is 10.6 Å². The first kappa shape index (κ1) is 21.6. The smallest absolute Gasteiger partial charge is 0.319 e. The number of esters is 1. The molecule has 30 heavy (non-hydrogen) atoms. The number of nitrogens with one attached hydrogen (secondary N) is 2. The Labute approximate surface area is 181 Å². The highest BCUT2D eigenvalue weighted by atomic mass is 35.5. The summed E-state index contributed by atoms with van der Waals surface area (Å²) in [5, 5.41) is 6.70. The highest BCUT2D eigenvalue weighted by molar-refractivity contribution is 6.31. The number of methoxy groups -OCH3 is 1. The number of carbonyl (C=O) groups excluding carboxylic acids is 2. The zero-order valence-corrected chi connectivity index (χ0v) is 17.6. The standard InChI is InChI=1S/C24H23ClN2O3/c1-16-10-12-17(13-11-16)23(26-15-22(28)30-2)20-8-3-4-9-21(20)27-24(29)18-6-5-7-19(25)14-18/h3-14,23,26H,15H2,1-2H3,(H,27,29)/t23-/m1/s1. The molecule has 3 rings (SSSR count). The van der Waals surface area contributed by atoms with Crippen LogP contribution in [0.25, 0.3) is 0 Å². The molecule has 2 N–H and O–H groups in total. The molecule has 1 amide bonds. The number of halogens is 1. The zero-order chi connectivity index (χ0) is 21.5. The van der Waals surface area contributed by atoms with Gasteiger partial charge < -0.3 is 10.1 Å². The van der Waals surface area contributed by atoms with Gasteiger partial charge >= 0.3 is 5.97 Å². The van der Waals surface area contributed by atoms with Gasteiger partial charge in [-0.3, -0.25) is 14.9 Å². The molecule has 0 saturated carbocycles. The van der Waals surface area contributed by atoms with Gasteiger partial charge in [0.1, 0.15) is 0 Å². The molecule has 0 spiro atoms. The molecule has 0 fully saturated rings. The molecule has 0 unspecified atom stereocenters. The van der Waals surface area contributed by atoms with Crippen LogP contribution in [0.5, 0.6) is 0 Å². The third-order valence-electron chi connectivity index (χ3n) is 4.70. The van der Waals surface area contributed by atoms with Crippen molar-refractivity contribution in [3.05, 3.63) is 100 Å². The fraction of sp³-hybridized carbons (Fsp3) is 0.167. The Kier molecular flexibility index (Phi) is 7.22. The first-order chi connectivity index (χ1) is 14.5. The molecular formula is C24H23ClN2O3. The lowest BCUT2D eigenvalue weighted by Crippen LogP contribution is -2.30. The van der Waals surface area contributed by atoms with Crippen LogP contribution in [0, 0.1) is 6.92 Å². The molecule has 6 heteroatoms. The molecule has 0 radical (unpaired) electrons. The van der Waals surface area contributed by atoms with Gasteiger partial charge in [-0.1, -0.05) is 65.7 Å². The minimum Gasteiger partial charge on any atom is -0.468 e. The van der Waals surface area contributed by atoms with Gasteiger partial charge in [-0.2, -0.15) is 0 Å². The van der Waals surface area contributed by atoms with E-state index in [1.807, 2.05) is 55.5 Å². The zero-order valence-electron chi connectivity index (χ0n) is 16.8. The van der Waals surface area contributed by atoms with Crippen molar-refractivity contribution < 1.29 is 14.3 Å². The predicted molar refractivity (Wildman–Crippen MR) is 119 cm³/mol. The third-order valence-corrected chi connectivity index (χ3v) is 4.93. The van der Waals surface area contributed by atoms with Crippen LogP contribution in [0.3, 0.4) is 0 Å². The van der Waals surface area contributed by atoms with Crippen molar-refractivity contribution >= 4 is 29.2 Å². The number of benzene rings is 3. The van der Waals surface area contributed by atoms with Crippen LogP contribution in [0.15, 0.2) is 72.8 Å². The van der Waals surface area contributed by atoms with E-state index in [9.17, 15) is 9.59 Å². The Bertz CT molecular complexity index is 1030. The Morgan fingerprint density at radius 3 is 2.43 bits per heavy atom. The molecule has 1 atom stereocenters. The molecule has 5 nitrogen and oxygen atoms in total. The summed E-state index contributed by atoms with van der Waals surface area (Å²) in [6, 6.07) is 22.0. The van der Waals surface area contributed by atoms with E-state index in [1.54, 1.807) is 24.3 Å². The van der Waals surface area contributed by atoms with Crippen molar-refractivity contribution in [1.82, 2.24) is 5.32 Å². The molecule has 154 valence electrons. The molecule has 0 aliphatic carbocycles. The normalized spacial score (nSPS) is 11.6. The molecule has 0 saturated heterocycles. The summed E-state index contributed by atoms with van der Waals surface area (Å²) >= 11 is 6.02. The Hall–Kier alpha value is -3.15. The summed E-state index contributed by atoms with van der Waals surface area (Å²) in [7, 11) is 1.35. The number of rotatable bonds is 7. The van der Waals surface area contributed by atoms with Gasteiger partial charge in [0.2, 0.25) is 0 Å². The van der Waals surface area contributed by atoms with Crippen molar-refractivity contribution in [3.8, 4) is 0 Å². The highest BCUT2D eigenvalue weighted by Gasteiger charge is 2.20. The SMILES string of the molecule is COC(=O)CN[C@H](c1ccc(C)cc1)c1ccccc1NC(=O)c1cccc(Cl)c1. The summed E-state index contributed by atoms with van der Waals surface area (Å²) in [5.41, 5.74) is 4.04. The maximum absolute atomic E-state index is 12.8. The average molecular weight is 423 g/mol. The van der Waals surface area contributed by atoms with Gasteiger partial charge in [0.05, 0.1) is 19.7 Å². The Morgan fingerprint density at radius 2 is 1.73 bits per heavy atom. The summed E-state index contributed by atoms with van der Waals surface area (Å²) in [6.45, 7) is 2.05. The van der Waals surface area contributed by atoms with Crippen LogP contribution in [0.1, 0.15) is 33.1 Å². The van der Waals surface area contributed by atoms with E-state index in [0.717, 1.165) is 16.7 Å². The van der Waals surface area contributed by atoms with E-state index in [4.69, 9.17) is 16.3 Å². The third kappa shape index (κ3) is 5.47. The van der Waals surface area contributed by atoms with Crippen LogP contribution >= 0.6 is 11.6 Å². The number of ether oxygens (including phenoxy) is 1. The second kappa shape index (κ2) is 10.1. The monoisotopic (exact) mass is 422 g/mol. The minimum atomic E-state index is -0.368. The number of amides is 1. The number of hydrogen-bond acceptors (Lipinski definition) is 4. The van der Waals surface area contributed by atoms with Crippen LogP contribution in [0.2, 0.25) is 5.02 Å². The van der Waals surface area contributed by atoms with E-state index in [0.29, 0.717) is 16.3 Å². The van der Waals surface area contributed by atoms with Crippen LogP contribution in [0.4, 0.5) is 5.69 Å². The van der Waals surface area contributed by atoms with E-state index >= 15 is 0 Å². The quantitative estimate of drug-likeness (QED) is 0.539. The van der Waals surface area contributed by atoms with E-state index in [-0.39, 0.29) is 24.5 Å². The first-order valence-corrected chi connectivity index (χ1v) is 9.88. The topological polar surface area (TPSA) is 67.4 Å². The number of carbonyl (C=O) groups is 2.